The van der Waals surface area contributed by atoms with Gasteiger partial charge in [-0.25, -0.2) is 13.2 Å². The fourth-order valence-electron chi connectivity index (χ4n) is 1.48. The van der Waals surface area contributed by atoms with Crippen LogP contribution in [0.2, 0.25) is 0 Å². The predicted molar refractivity (Wildman–Crippen MR) is 77.9 cm³/mol. The molecule has 1 rings (SSSR count). The Morgan fingerprint density at radius 3 is 2.58 bits per heavy atom. The van der Waals surface area contributed by atoms with E-state index in [9.17, 15) is 13.2 Å². The minimum absolute atomic E-state index is 0.0763. The van der Waals surface area contributed by atoms with E-state index in [1.54, 1.807) is 6.92 Å². The standard InChI is InChI=1S/C11H16ClNO4S2/c1-7-8(2)18-10(9(7)11(14)17-3)13-19(15,16)6-4-5-12/h13H,4-6H2,1-3H3. The largest absolute Gasteiger partial charge is 0.465 e. The number of alkyl halides is 1. The van der Waals surface area contributed by atoms with Crippen LogP contribution in [0.1, 0.15) is 27.2 Å². The number of hydrogen-bond donors (Lipinski definition) is 1. The van der Waals surface area contributed by atoms with Crippen LogP contribution >= 0.6 is 22.9 Å². The number of halogens is 1. The number of anilines is 1. The van der Waals surface area contributed by atoms with E-state index >= 15 is 0 Å². The van der Waals surface area contributed by atoms with Crippen LogP contribution in [0.4, 0.5) is 5.00 Å². The van der Waals surface area contributed by atoms with Crippen LogP contribution in [0.5, 0.6) is 0 Å². The first-order chi connectivity index (χ1) is 8.82. The van der Waals surface area contributed by atoms with E-state index in [0.29, 0.717) is 11.4 Å². The van der Waals surface area contributed by atoms with E-state index in [1.807, 2.05) is 6.92 Å². The monoisotopic (exact) mass is 325 g/mol. The van der Waals surface area contributed by atoms with Crippen molar-refractivity contribution in [1.29, 1.82) is 0 Å². The van der Waals surface area contributed by atoms with Gasteiger partial charge in [-0.1, -0.05) is 0 Å². The molecule has 1 aromatic rings. The van der Waals surface area contributed by atoms with Crippen LogP contribution in [-0.4, -0.2) is 33.1 Å². The fraction of sp³-hybridized carbons (Fsp3) is 0.545. The van der Waals surface area contributed by atoms with Crippen molar-refractivity contribution in [2.75, 3.05) is 23.5 Å². The summed E-state index contributed by atoms with van der Waals surface area (Å²) in [6, 6.07) is 0. The lowest BCUT2D eigenvalue weighted by Crippen LogP contribution is -2.18. The molecule has 0 aromatic carbocycles. The maximum Gasteiger partial charge on any atom is 0.341 e. The molecular formula is C11H16ClNO4S2. The molecule has 5 nitrogen and oxygen atoms in total. The maximum atomic E-state index is 11.8. The van der Waals surface area contributed by atoms with Gasteiger partial charge in [0.05, 0.1) is 18.4 Å². The molecule has 1 aromatic heterocycles. The second-order valence-corrected chi connectivity index (χ2v) is 7.39. The van der Waals surface area contributed by atoms with Gasteiger partial charge in [0.15, 0.2) is 0 Å². The smallest absolute Gasteiger partial charge is 0.341 e. The lowest BCUT2D eigenvalue weighted by Gasteiger charge is -2.07. The Bertz CT molecular complexity index is 565. The van der Waals surface area contributed by atoms with Crippen LogP contribution < -0.4 is 4.72 Å². The minimum Gasteiger partial charge on any atom is -0.465 e. The molecule has 0 fully saturated rings. The van der Waals surface area contributed by atoms with E-state index in [2.05, 4.69) is 9.46 Å². The average Bonchev–Trinajstić information content (AvgIpc) is 2.61. The van der Waals surface area contributed by atoms with E-state index < -0.39 is 16.0 Å². The zero-order valence-corrected chi connectivity index (χ0v) is 13.3. The summed E-state index contributed by atoms with van der Waals surface area (Å²) in [4.78, 5) is 12.6. The minimum atomic E-state index is -3.50. The molecule has 0 atom stereocenters. The number of carbonyl (C=O) groups excluding carboxylic acids is 1. The average molecular weight is 326 g/mol. The van der Waals surface area contributed by atoms with Crippen molar-refractivity contribution >= 4 is 43.9 Å². The third kappa shape index (κ3) is 4.09. The first kappa shape index (κ1) is 16.3. The summed E-state index contributed by atoms with van der Waals surface area (Å²) in [5.74, 6) is -0.350. The highest BCUT2D eigenvalue weighted by atomic mass is 35.5. The van der Waals surface area contributed by atoms with Crippen LogP contribution in [0.25, 0.3) is 0 Å². The number of carbonyl (C=O) groups is 1. The summed E-state index contributed by atoms with van der Waals surface area (Å²) in [6.07, 6.45) is 0.355. The molecule has 1 N–H and O–H groups in total. The predicted octanol–water partition coefficient (Wildman–Crippen LogP) is 2.52. The first-order valence-electron chi connectivity index (χ1n) is 5.57. The van der Waals surface area contributed by atoms with Gasteiger partial charge < -0.3 is 4.74 Å². The SMILES string of the molecule is COC(=O)c1c(NS(=O)(=O)CCCCl)sc(C)c1C. The highest BCUT2D eigenvalue weighted by Gasteiger charge is 2.23. The van der Waals surface area contributed by atoms with Gasteiger partial charge in [0, 0.05) is 10.8 Å². The van der Waals surface area contributed by atoms with Gasteiger partial charge in [-0.3, -0.25) is 4.72 Å². The topological polar surface area (TPSA) is 72.5 Å². The lowest BCUT2D eigenvalue weighted by molar-refractivity contribution is 0.0601. The number of hydrogen-bond acceptors (Lipinski definition) is 5. The molecule has 0 aliphatic rings. The van der Waals surface area contributed by atoms with Gasteiger partial charge in [0.2, 0.25) is 10.0 Å². The van der Waals surface area contributed by atoms with Crippen molar-refractivity contribution in [1.82, 2.24) is 0 Å². The number of rotatable bonds is 6. The molecule has 8 heteroatoms. The van der Waals surface area contributed by atoms with Crippen molar-refractivity contribution in [2.24, 2.45) is 0 Å². The highest BCUT2D eigenvalue weighted by Crippen LogP contribution is 2.33. The summed E-state index contributed by atoms with van der Waals surface area (Å²) < 4.78 is 30.8. The summed E-state index contributed by atoms with van der Waals surface area (Å²) in [7, 11) is -2.23. The molecule has 0 bridgehead atoms. The number of sulfonamides is 1. The third-order valence-corrected chi connectivity index (χ3v) is 5.43. The Kier molecular flexibility index (Phi) is 5.64. The van der Waals surface area contributed by atoms with Crippen LogP contribution in [0.3, 0.4) is 0 Å². The molecule has 0 radical (unpaired) electrons. The Morgan fingerprint density at radius 2 is 2.05 bits per heavy atom. The van der Waals surface area contributed by atoms with Crippen molar-refractivity contribution < 1.29 is 17.9 Å². The van der Waals surface area contributed by atoms with Crippen molar-refractivity contribution in [3.63, 3.8) is 0 Å². The summed E-state index contributed by atoms with van der Waals surface area (Å²) in [5.41, 5.74) is 1.01. The molecule has 0 spiro atoms. The van der Waals surface area contributed by atoms with Gasteiger partial charge in [0.25, 0.3) is 0 Å². The molecule has 0 saturated carbocycles. The first-order valence-corrected chi connectivity index (χ1v) is 8.57. The van der Waals surface area contributed by atoms with E-state index in [0.717, 1.165) is 10.4 Å². The van der Waals surface area contributed by atoms with E-state index in [4.69, 9.17) is 11.6 Å². The maximum absolute atomic E-state index is 11.8. The number of aryl methyl sites for hydroxylation is 1. The van der Waals surface area contributed by atoms with E-state index in [1.165, 1.54) is 18.4 Å². The fourth-order valence-corrected chi connectivity index (χ4v) is 4.23. The number of ether oxygens (including phenoxy) is 1. The van der Waals surface area contributed by atoms with Gasteiger partial charge in [0.1, 0.15) is 5.00 Å². The van der Waals surface area contributed by atoms with Gasteiger partial charge >= 0.3 is 5.97 Å². The molecule has 0 aliphatic heterocycles. The zero-order chi connectivity index (χ0) is 14.6. The summed E-state index contributed by atoms with van der Waals surface area (Å²) in [5, 5.41) is 0.302. The van der Waals surface area contributed by atoms with Gasteiger partial charge in [-0.2, -0.15) is 0 Å². The molecule has 0 amide bonds. The summed E-state index contributed by atoms with van der Waals surface area (Å²) in [6.45, 7) is 3.58. The Balaban J connectivity index is 3.08. The van der Waals surface area contributed by atoms with Crippen molar-refractivity contribution in [3.05, 3.63) is 16.0 Å². The second kappa shape index (κ2) is 6.58. The number of methoxy groups -OCH3 is 1. The summed E-state index contributed by atoms with van der Waals surface area (Å²) >= 11 is 6.70. The number of esters is 1. The molecule has 1 heterocycles. The van der Waals surface area contributed by atoms with Gasteiger partial charge in [-0.05, 0) is 25.8 Å². The Morgan fingerprint density at radius 1 is 1.42 bits per heavy atom. The molecule has 0 aliphatic carbocycles. The van der Waals surface area contributed by atoms with E-state index in [-0.39, 0.29) is 17.2 Å². The molecule has 0 saturated heterocycles. The number of thiophene rings is 1. The number of nitrogens with one attached hydrogen (secondary N) is 1. The zero-order valence-electron chi connectivity index (χ0n) is 10.9. The van der Waals surface area contributed by atoms with Crippen LogP contribution in [0, 0.1) is 13.8 Å². The van der Waals surface area contributed by atoms with Crippen LogP contribution in [-0.2, 0) is 14.8 Å². The molecule has 0 unspecified atom stereocenters. The second-order valence-electron chi connectivity index (χ2n) is 3.94. The quantitative estimate of drug-likeness (QED) is 0.644. The van der Waals surface area contributed by atoms with Crippen molar-refractivity contribution in [3.8, 4) is 0 Å². The lowest BCUT2D eigenvalue weighted by atomic mass is 10.2. The Labute approximate surface area is 122 Å². The molecule has 108 valence electrons. The van der Waals surface area contributed by atoms with Crippen molar-refractivity contribution in [2.45, 2.75) is 20.3 Å². The third-order valence-electron chi connectivity index (χ3n) is 2.57. The normalized spacial score (nSPS) is 11.4. The van der Waals surface area contributed by atoms with Crippen LogP contribution in [0.15, 0.2) is 0 Å². The molecule has 19 heavy (non-hydrogen) atoms. The highest BCUT2D eigenvalue weighted by molar-refractivity contribution is 7.92. The van der Waals surface area contributed by atoms with Gasteiger partial charge in [-0.15, -0.1) is 22.9 Å². The Hall–Kier alpha value is -0.790. The molecular weight excluding hydrogens is 310 g/mol.